The molecule has 0 N–H and O–H groups in total. The van der Waals surface area contributed by atoms with Crippen LogP contribution < -0.4 is 0 Å². The van der Waals surface area contributed by atoms with E-state index < -0.39 is 12.0 Å². The van der Waals surface area contributed by atoms with Gasteiger partial charge in [0, 0.05) is 24.5 Å². The van der Waals surface area contributed by atoms with E-state index in [0.29, 0.717) is 18.6 Å². The topological polar surface area (TPSA) is 77.3 Å². The van der Waals surface area contributed by atoms with Crippen LogP contribution in [0.15, 0.2) is 60.8 Å². The number of amides is 1. The van der Waals surface area contributed by atoms with Crippen LogP contribution >= 0.6 is 0 Å². The minimum Gasteiger partial charge on any atom is -0.467 e. The summed E-state index contributed by atoms with van der Waals surface area (Å²) in [7, 11) is 1.35. The molecule has 34 heavy (non-hydrogen) atoms. The van der Waals surface area contributed by atoms with E-state index in [1.165, 1.54) is 12.7 Å². The number of ether oxygens (including phenoxy) is 1. The van der Waals surface area contributed by atoms with Gasteiger partial charge in [0.1, 0.15) is 12.6 Å². The molecule has 7 heteroatoms. The van der Waals surface area contributed by atoms with Gasteiger partial charge in [-0.1, -0.05) is 54.1 Å². The van der Waals surface area contributed by atoms with Crippen molar-refractivity contribution in [2.45, 2.75) is 39.4 Å². The molecule has 172 valence electrons. The first kappa shape index (κ1) is 21.8. The Labute approximate surface area is 198 Å². The van der Waals surface area contributed by atoms with Crippen molar-refractivity contribution >= 4 is 22.9 Å². The van der Waals surface area contributed by atoms with Crippen LogP contribution in [0.1, 0.15) is 22.4 Å². The summed E-state index contributed by atoms with van der Waals surface area (Å²) in [5.41, 5.74) is 6.85. The summed E-state index contributed by atoms with van der Waals surface area (Å²) in [5.74, 6) is -0.610. The molecule has 7 nitrogen and oxygen atoms in total. The molecule has 4 aromatic rings. The molecule has 1 aliphatic rings. The second-order valence-corrected chi connectivity index (χ2v) is 8.70. The zero-order valence-electron chi connectivity index (χ0n) is 19.5. The summed E-state index contributed by atoms with van der Waals surface area (Å²) >= 11 is 0. The van der Waals surface area contributed by atoms with Gasteiger partial charge >= 0.3 is 5.97 Å². The number of methoxy groups -OCH3 is 1. The van der Waals surface area contributed by atoms with E-state index in [0.717, 1.165) is 33.3 Å². The van der Waals surface area contributed by atoms with E-state index >= 15 is 0 Å². The predicted molar refractivity (Wildman–Crippen MR) is 129 cm³/mol. The maximum Gasteiger partial charge on any atom is 0.328 e. The lowest BCUT2D eigenvalue weighted by atomic mass is 9.94. The first-order valence-corrected chi connectivity index (χ1v) is 11.3. The third kappa shape index (κ3) is 3.83. The zero-order chi connectivity index (χ0) is 23.8. The molecule has 2 aromatic carbocycles. The van der Waals surface area contributed by atoms with E-state index in [4.69, 9.17) is 4.74 Å². The molecule has 0 bridgehead atoms. The molecule has 0 saturated heterocycles. The molecule has 0 aliphatic carbocycles. The lowest BCUT2D eigenvalue weighted by molar-refractivity contribution is -0.154. The van der Waals surface area contributed by atoms with Gasteiger partial charge in [0.25, 0.3) is 0 Å². The Morgan fingerprint density at radius 1 is 1.03 bits per heavy atom. The maximum absolute atomic E-state index is 13.5. The summed E-state index contributed by atoms with van der Waals surface area (Å²) in [6.07, 6.45) is 2.18. The number of benzene rings is 2. The Morgan fingerprint density at radius 3 is 2.50 bits per heavy atom. The fraction of sp³-hybridized carbons (Fsp3) is 0.259. The van der Waals surface area contributed by atoms with Gasteiger partial charge in [0.2, 0.25) is 5.91 Å². The van der Waals surface area contributed by atoms with Crippen LogP contribution in [-0.4, -0.2) is 44.7 Å². The second kappa shape index (κ2) is 8.74. The van der Waals surface area contributed by atoms with Crippen LogP contribution in [0.2, 0.25) is 0 Å². The number of nitrogens with zero attached hydrogens (tertiary/aromatic N) is 4. The normalized spacial score (nSPS) is 15.3. The Hall–Kier alpha value is -4.00. The molecule has 1 aliphatic heterocycles. The first-order valence-electron chi connectivity index (χ1n) is 11.3. The van der Waals surface area contributed by atoms with Crippen LogP contribution in [0.4, 0.5) is 0 Å². The van der Waals surface area contributed by atoms with Gasteiger partial charge in [-0.15, -0.1) is 0 Å². The van der Waals surface area contributed by atoms with Gasteiger partial charge in [0.05, 0.1) is 12.8 Å². The minimum absolute atomic E-state index is 0.00957. The molecule has 0 fully saturated rings. The highest BCUT2D eigenvalue weighted by Crippen LogP contribution is 2.30. The quantitative estimate of drug-likeness (QED) is 0.438. The van der Waals surface area contributed by atoms with Crippen LogP contribution in [0.5, 0.6) is 0 Å². The molecule has 0 radical (unpaired) electrons. The molecular formula is C27H26N4O3. The Morgan fingerprint density at radius 2 is 1.76 bits per heavy atom. The van der Waals surface area contributed by atoms with Crippen molar-refractivity contribution in [2.75, 3.05) is 7.11 Å². The summed E-state index contributed by atoms with van der Waals surface area (Å²) in [4.78, 5) is 32.2. The number of pyridine rings is 1. The summed E-state index contributed by atoms with van der Waals surface area (Å²) in [5, 5.41) is 5.58. The lowest BCUT2D eigenvalue weighted by Crippen LogP contribution is -2.50. The van der Waals surface area contributed by atoms with Gasteiger partial charge in [-0.25, -0.2) is 14.5 Å². The van der Waals surface area contributed by atoms with E-state index in [-0.39, 0.29) is 12.5 Å². The van der Waals surface area contributed by atoms with Gasteiger partial charge < -0.3 is 9.64 Å². The third-order valence-electron chi connectivity index (χ3n) is 6.50. The van der Waals surface area contributed by atoms with Crippen LogP contribution in [-0.2, 0) is 33.8 Å². The SMILES string of the molecule is COC(=O)C1Cc2ccccc2CN1C(=O)Cn1nc(C)c2c(-c3ccc(C)cc3)ccnc21. The van der Waals surface area contributed by atoms with Crippen LogP contribution in [0, 0.1) is 13.8 Å². The Balaban J connectivity index is 1.49. The number of aryl methyl sites for hydroxylation is 2. The molecule has 1 atom stereocenters. The molecule has 0 spiro atoms. The highest BCUT2D eigenvalue weighted by Gasteiger charge is 2.35. The Kier molecular flexibility index (Phi) is 5.61. The minimum atomic E-state index is -0.661. The average molecular weight is 455 g/mol. The standard InChI is InChI=1S/C27H26N4O3/c1-17-8-10-19(11-9-17)22-12-13-28-26-25(22)18(2)29-31(26)16-24(32)30-15-21-7-5-4-6-20(21)14-23(30)27(33)34-3/h4-13,23H,14-16H2,1-3H3. The number of hydrogen-bond donors (Lipinski definition) is 0. The van der Waals surface area contributed by atoms with E-state index in [1.807, 2.05) is 37.3 Å². The molecule has 5 rings (SSSR count). The summed E-state index contributed by atoms with van der Waals surface area (Å²) in [6.45, 7) is 4.33. The van der Waals surface area contributed by atoms with Crippen molar-refractivity contribution in [3.63, 3.8) is 0 Å². The number of carbonyl (C=O) groups excluding carboxylic acids is 2. The predicted octanol–water partition coefficient (Wildman–Crippen LogP) is 3.84. The summed E-state index contributed by atoms with van der Waals surface area (Å²) in [6, 6.07) is 17.5. The monoisotopic (exact) mass is 454 g/mol. The number of hydrogen-bond acceptors (Lipinski definition) is 5. The van der Waals surface area contributed by atoms with Crippen LogP contribution in [0.25, 0.3) is 22.2 Å². The number of carbonyl (C=O) groups is 2. The molecule has 2 aromatic heterocycles. The number of esters is 1. The lowest BCUT2D eigenvalue weighted by Gasteiger charge is -2.35. The molecule has 1 unspecified atom stereocenters. The highest BCUT2D eigenvalue weighted by atomic mass is 16.5. The fourth-order valence-corrected chi connectivity index (χ4v) is 4.72. The number of rotatable bonds is 4. The van der Waals surface area contributed by atoms with E-state index in [1.54, 1.807) is 15.8 Å². The summed E-state index contributed by atoms with van der Waals surface area (Å²) < 4.78 is 6.65. The third-order valence-corrected chi connectivity index (χ3v) is 6.50. The first-order chi connectivity index (χ1) is 16.5. The molecule has 1 amide bonds. The van der Waals surface area contributed by atoms with Crippen molar-refractivity contribution in [1.82, 2.24) is 19.7 Å². The van der Waals surface area contributed by atoms with Gasteiger partial charge in [-0.2, -0.15) is 5.10 Å². The van der Waals surface area contributed by atoms with Crippen LogP contribution in [0.3, 0.4) is 0 Å². The zero-order valence-corrected chi connectivity index (χ0v) is 19.5. The van der Waals surface area contributed by atoms with Crippen molar-refractivity contribution in [1.29, 1.82) is 0 Å². The average Bonchev–Trinajstić information content (AvgIpc) is 3.18. The van der Waals surface area contributed by atoms with Crippen molar-refractivity contribution in [2.24, 2.45) is 0 Å². The smallest absolute Gasteiger partial charge is 0.328 e. The number of aromatic nitrogens is 3. The molecule has 3 heterocycles. The molecule has 0 saturated carbocycles. The number of fused-ring (bicyclic) bond motifs is 2. The largest absolute Gasteiger partial charge is 0.467 e. The fourth-order valence-electron chi connectivity index (χ4n) is 4.72. The van der Waals surface area contributed by atoms with Crippen molar-refractivity contribution < 1.29 is 14.3 Å². The van der Waals surface area contributed by atoms with Crippen molar-refractivity contribution in [3.05, 3.63) is 83.2 Å². The highest BCUT2D eigenvalue weighted by molar-refractivity contribution is 5.95. The van der Waals surface area contributed by atoms with E-state index in [2.05, 4.69) is 41.3 Å². The maximum atomic E-state index is 13.5. The van der Waals surface area contributed by atoms with Gasteiger partial charge in [-0.05, 0) is 42.2 Å². The van der Waals surface area contributed by atoms with E-state index in [9.17, 15) is 9.59 Å². The second-order valence-electron chi connectivity index (χ2n) is 8.70. The molecular weight excluding hydrogens is 428 g/mol. The van der Waals surface area contributed by atoms with Crippen molar-refractivity contribution in [3.8, 4) is 11.1 Å². The Bertz CT molecular complexity index is 1390. The van der Waals surface area contributed by atoms with Gasteiger partial charge in [0.15, 0.2) is 5.65 Å². The van der Waals surface area contributed by atoms with Gasteiger partial charge in [-0.3, -0.25) is 4.79 Å².